The van der Waals surface area contributed by atoms with Crippen molar-refractivity contribution >= 4 is 57.3 Å². The minimum Gasteiger partial charge on any atom is -0.343 e. The second kappa shape index (κ2) is 5.22. The Bertz CT molecular complexity index is 644. The third-order valence-electron chi connectivity index (χ3n) is 1.75. The standard InChI is InChI=1S/C7H3Cl3O6S2/c8-16-7(11)4-1-5(17(9,12)13)3-6(2-4)18(10,14)15/h1-3H. The molecule has 0 atom stereocenters. The molecule has 0 saturated carbocycles. The molecule has 18 heavy (non-hydrogen) atoms. The fourth-order valence-electron chi connectivity index (χ4n) is 1.02. The molecule has 1 aromatic rings. The Balaban J connectivity index is 3.64. The van der Waals surface area contributed by atoms with Crippen LogP contribution >= 0.6 is 33.2 Å². The predicted molar refractivity (Wildman–Crippen MR) is 63.8 cm³/mol. The van der Waals surface area contributed by atoms with E-state index in [-0.39, 0.29) is 0 Å². The fourth-order valence-corrected chi connectivity index (χ4v) is 2.78. The van der Waals surface area contributed by atoms with Crippen molar-refractivity contribution in [3.63, 3.8) is 0 Å². The van der Waals surface area contributed by atoms with Gasteiger partial charge in [-0.1, -0.05) is 0 Å². The summed E-state index contributed by atoms with van der Waals surface area (Å²) in [6, 6.07) is 2.31. The van der Waals surface area contributed by atoms with E-state index in [2.05, 4.69) is 4.29 Å². The number of benzene rings is 1. The molecule has 0 unspecified atom stereocenters. The number of hydrogen-bond donors (Lipinski definition) is 0. The van der Waals surface area contributed by atoms with Crippen LogP contribution in [-0.4, -0.2) is 22.8 Å². The second-order valence-corrected chi connectivity index (χ2v) is 8.22. The van der Waals surface area contributed by atoms with Gasteiger partial charge >= 0.3 is 5.97 Å². The Kier molecular flexibility index (Phi) is 4.50. The van der Waals surface area contributed by atoms with Gasteiger partial charge in [0.2, 0.25) is 0 Å². The number of rotatable bonds is 3. The molecule has 0 saturated heterocycles. The van der Waals surface area contributed by atoms with E-state index in [1.54, 1.807) is 0 Å². The first-order valence-corrected chi connectivity index (χ1v) is 8.86. The lowest BCUT2D eigenvalue weighted by molar-refractivity contribution is 0.0751. The van der Waals surface area contributed by atoms with Gasteiger partial charge in [0.25, 0.3) is 18.1 Å². The highest BCUT2D eigenvalue weighted by molar-refractivity contribution is 8.14. The first kappa shape index (κ1) is 15.5. The van der Waals surface area contributed by atoms with Gasteiger partial charge in [-0.2, -0.15) is 0 Å². The van der Waals surface area contributed by atoms with Gasteiger partial charge in [-0.05, 0) is 18.2 Å². The lowest BCUT2D eigenvalue weighted by Gasteiger charge is -2.03. The van der Waals surface area contributed by atoms with Gasteiger partial charge in [0.1, 0.15) is 11.9 Å². The van der Waals surface area contributed by atoms with Gasteiger partial charge in [0.05, 0.1) is 15.4 Å². The first-order chi connectivity index (χ1) is 8.05. The fraction of sp³-hybridized carbons (Fsp3) is 0. The van der Waals surface area contributed by atoms with Crippen LogP contribution in [0.1, 0.15) is 10.4 Å². The van der Waals surface area contributed by atoms with E-state index in [1.165, 1.54) is 0 Å². The van der Waals surface area contributed by atoms with E-state index in [9.17, 15) is 21.6 Å². The number of halogens is 3. The summed E-state index contributed by atoms with van der Waals surface area (Å²) in [5.41, 5.74) is -0.425. The first-order valence-electron chi connectivity index (χ1n) is 3.93. The van der Waals surface area contributed by atoms with E-state index in [0.29, 0.717) is 6.07 Å². The molecule has 0 radical (unpaired) electrons. The van der Waals surface area contributed by atoms with Crippen LogP contribution in [0.5, 0.6) is 0 Å². The molecule has 0 aliphatic heterocycles. The summed E-state index contributed by atoms with van der Waals surface area (Å²) in [7, 11) is 1.60. The van der Waals surface area contributed by atoms with Crippen molar-refractivity contribution in [3.05, 3.63) is 23.8 Å². The quantitative estimate of drug-likeness (QED) is 0.770. The molecule has 1 aromatic carbocycles. The summed E-state index contributed by atoms with van der Waals surface area (Å²) < 4.78 is 48.3. The minimum atomic E-state index is -4.25. The molecule has 0 bridgehead atoms. The number of hydrogen-bond acceptors (Lipinski definition) is 6. The summed E-state index contributed by atoms with van der Waals surface area (Å²) in [6.07, 6.45) is 0. The van der Waals surface area contributed by atoms with Crippen LogP contribution in [0.3, 0.4) is 0 Å². The summed E-state index contributed by atoms with van der Waals surface area (Å²) in [4.78, 5) is 9.90. The number of carbonyl (C=O) groups excluding carboxylic acids is 1. The van der Waals surface area contributed by atoms with Crippen LogP contribution in [0.4, 0.5) is 0 Å². The lowest BCUT2D eigenvalue weighted by atomic mass is 10.2. The predicted octanol–water partition coefficient (Wildman–Crippen LogP) is 1.85. The van der Waals surface area contributed by atoms with Gasteiger partial charge in [-0.3, -0.25) is 0 Å². The average Bonchev–Trinajstić information content (AvgIpc) is 2.25. The minimum absolute atomic E-state index is 0.425. The van der Waals surface area contributed by atoms with Gasteiger partial charge in [-0.25, -0.2) is 21.6 Å². The molecule has 0 aliphatic rings. The second-order valence-electron chi connectivity index (χ2n) is 2.93. The third kappa shape index (κ3) is 3.72. The van der Waals surface area contributed by atoms with E-state index < -0.39 is 39.4 Å². The highest BCUT2D eigenvalue weighted by Crippen LogP contribution is 2.24. The maximum atomic E-state index is 11.1. The summed E-state index contributed by atoms with van der Waals surface area (Å²) >= 11 is 4.81. The molecule has 6 nitrogen and oxygen atoms in total. The van der Waals surface area contributed by atoms with Crippen LogP contribution in [0, 0.1) is 0 Å². The molecule has 0 aromatic heterocycles. The van der Waals surface area contributed by atoms with Crippen LogP contribution in [-0.2, 0) is 22.4 Å². The molecule has 0 spiro atoms. The molecule has 11 heteroatoms. The summed E-state index contributed by atoms with van der Waals surface area (Å²) in [5.74, 6) is -1.15. The summed E-state index contributed by atoms with van der Waals surface area (Å²) in [6.45, 7) is 0. The van der Waals surface area contributed by atoms with Crippen molar-refractivity contribution in [3.8, 4) is 0 Å². The van der Waals surface area contributed by atoms with E-state index >= 15 is 0 Å². The normalized spacial score (nSPS) is 12.2. The van der Waals surface area contributed by atoms with Crippen molar-refractivity contribution in [1.82, 2.24) is 0 Å². The van der Waals surface area contributed by atoms with Crippen LogP contribution in [0.25, 0.3) is 0 Å². The Morgan fingerprint density at radius 1 is 0.944 bits per heavy atom. The van der Waals surface area contributed by atoms with Crippen molar-refractivity contribution in [2.45, 2.75) is 9.79 Å². The molecule has 100 valence electrons. The Morgan fingerprint density at radius 3 is 1.61 bits per heavy atom. The van der Waals surface area contributed by atoms with E-state index in [4.69, 9.17) is 33.2 Å². The van der Waals surface area contributed by atoms with Crippen molar-refractivity contribution in [2.75, 3.05) is 0 Å². The molecular weight excluding hydrogens is 351 g/mol. The van der Waals surface area contributed by atoms with Gasteiger partial charge in [0, 0.05) is 21.4 Å². The van der Waals surface area contributed by atoms with Crippen LogP contribution in [0.2, 0.25) is 0 Å². The molecule has 0 N–H and O–H groups in total. The summed E-state index contributed by atoms with van der Waals surface area (Å²) in [5, 5.41) is 0. The topological polar surface area (TPSA) is 94.6 Å². The smallest absolute Gasteiger partial charge is 0.343 e. The number of carbonyl (C=O) groups is 1. The zero-order valence-corrected chi connectivity index (χ0v) is 12.0. The maximum absolute atomic E-state index is 11.1. The molecular formula is C7H3Cl3O6S2. The molecule has 1 rings (SSSR count). The Labute approximate surface area is 116 Å². The highest BCUT2D eigenvalue weighted by Gasteiger charge is 2.21. The van der Waals surface area contributed by atoms with E-state index in [1.807, 2.05) is 0 Å². The van der Waals surface area contributed by atoms with E-state index in [0.717, 1.165) is 12.1 Å². The van der Waals surface area contributed by atoms with Crippen molar-refractivity contribution in [1.29, 1.82) is 0 Å². The lowest BCUT2D eigenvalue weighted by Crippen LogP contribution is -2.04. The highest BCUT2D eigenvalue weighted by atomic mass is 35.7. The monoisotopic (exact) mass is 352 g/mol. The van der Waals surface area contributed by atoms with Gasteiger partial charge in [-0.15, -0.1) is 0 Å². The molecule has 0 fully saturated rings. The average molecular weight is 354 g/mol. The third-order valence-corrected chi connectivity index (χ3v) is 4.56. The van der Waals surface area contributed by atoms with Crippen molar-refractivity contribution in [2.24, 2.45) is 0 Å². The van der Waals surface area contributed by atoms with Crippen LogP contribution in [0.15, 0.2) is 28.0 Å². The van der Waals surface area contributed by atoms with Gasteiger partial charge in [0.15, 0.2) is 0 Å². The zero-order valence-electron chi connectivity index (χ0n) is 8.13. The van der Waals surface area contributed by atoms with Crippen molar-refractivity contribution < 1.29 is 25.9 Å². The van der Waals surface area contributed by atoms with Gasteiger partial charge < -0.3 is 4.29 Å². The molecule has 0 heterocycles. The Morgan fingerprint density at radius 2 is 1.33 bits per heavy atom. The largest absolute Gasteiger partial charge is 0.356 e. The molecule has 0 aliphatic carbocycles. The zero-order chi connectivity index (χ0) is 14.1. The SMILES string of the molecule is O=C(OCl)c1cc(S(=O)(=O)Cl)cc(S(=O)(=O)Cl)c1. The molecule has 0 amide bonds. The van der Waals surface area contributed by atoms with Crippen LogP contribution < -0.4 is 0 Å². The Hall–Kier alpha value is -0.540. The maximum Gasteiger partial charge on any atom is 0.356 e.